The van der Waals surface area contributed by atoms with E-state index in [4.69, 9.17) is 5.11 Å². The summed E-state index contributed by atoms with van der Waals surface area (Å²) < 4.78 is 2.20. The van der Waals surface area contributed by atoms with Crippen molar-refractivity contribution in [3.8, 4) is 0 Å². The van der Waals surface area contributed by atoms with Gasteiger partial charge in [0.2, 0.25) is 0 Å². The molecule has 0 amide bonds. The van der Waals surface area contributed by atoms with E-state index in [9.17, 15) is 4.79 Å². The van der Waals surface area contributed by atoms with Gasteiger partial charge in [0, 0.05) is 6.04 Å². The zero-order valence-electron chi connectivity index (χ0n) is 12.1. The molecule has 0 aliphatic heterocycles. The summed E-state index contributed by atoms with van der Waals surface area (Å²) in [5.74, 6) is -0.769. The van der Waals surface area contributed by atoms with Gasteiger partial charge in [-0.1, -0.05) is 37.2 Å². The Labute approximate surface area is 123 Å². The fourth-order valence-electron chi connectivity index (χ4n) is 2.48. The van der Waals surface area contributed by atoms with Crippen molar-refractivity contribution in [2.75, 3.05) is 5.75 Å². The molecule has 0 radical (unpaired) electrons. The van der Waals surface area contributed by atoms with Gasteiger partial charge in [0.1, 0.15) is 0 Å². The van der Waals surface area contributed by atoms with E-state index in [-0.39, 0.29) is 5.75 Å². The summed E-state index contributed by atoms with van der Waals surface area (Å²) in [5.41, 5.74) is 3.25. The quantitative estimate of drug-likeness (QED) is 0.821. The molecule has 1 aromatic carbocycles. The van der Waals surface area contributed by atoms with Gasteiger partial charge in [-0.25, -0.2) is 4.98 Å². The summed E-state index contributed by atoms with van der Waals surface area (Å²) in [5, 5.41) is 9.68. The third-order valence-electron chi connectivity index (χ3n) is 3.35. The second-order valence-electron chi connectivity index (χ2n) is 5.03. The topological polar surface area (TPSA) is 55.1 Å². The molecule has 2 aromatic rings. The van der Waals surface area contributed by atoms with E-state index in [0.717, 1.165) is 29.0 Å². The molecule has 1 aromatic heterocycles. The minimum absolute atomic E-state index is 0.0429. The lowest BCUT2D eigenvalue weighted by Gasteiger charge is -2.17. The molecule has 4 nitrogen and oxygen atoms in total. The van der Waals surface area contributed by atoms with Crippen molar-refractivity contribution in [1.29, 1.82) is 0 Å². The molecule has 1 unspecified atom stereocenters. The Morgan fingerprint density at radius 2 is 2.25 bits per heavy atom. The first-order valence-electron chi connectivity index (χ1n) is 6.86. The summed E-state index contributed by atoms with van der Waals surface area (Å²) in [6, 6.07) is 6.38. The van der Waals surface area contributed by atoms with Gasteiger partial charge in [-0.2, -0.15) is 0 Å². The van der Waals surface area contributed by atoms with Crippen LogP contribution in [0.25, 0.3) is 11.0 Å². The maximum absolute atomic E-state index is 10.8. The van der Waals surface area contributed by atoms with Crippen LogP contribution in [-0.4, -0.2) is 26.4 Å². The lowest BCUT2D eigenvalue weighted by molar-refractivity contribution is -0.133. The maximum Gasteiger partial charge on any atom is 0.313 e. The Bertz CT molecular complexity index is 622. The number of aromatic nitrogens is 2. The number of thioether (sulfide) groups is 1. The number of carboxylic acids is 1. The number of benzene rings is 1. The van der Waals surface area contributed by atoms with Crippen LogP contribution in [0.5, 0.6) is 0 Å². The average molecular weight is 292 g/mol. The van der Waals surface area contributed by atoms with Crippen molar-refractivity contribution in [2.45, 2.75) is 44.8 Å². The Balaban J connectivity index is 2.51. The minimum atomic E-state index is -0.812. The molecule has 0 saturated carbocycles. The van der Waals surface area contributed by atoms with Crippen molar-refractivity contribution in [3.63, 3.8) is 0 Å². The summed E-state index contributed by atoms with van der Waals surface area (Å²) >= 11 is 1.30. The van der Waals surface area contributed by atoms with Gasteiger partial charge in [-0.15, -0.1) is 0 Å². The molecule has 1 heterocycles. The molecule has 0 bridgehead atoms. The number of para-hydroxylation sites is 1. The number of rotatable bonds is 6. The van der Waals surface area contributed by atoms with Crippen LogP contribution in [0.1, 0.15) is 38.3 Å². The second-order valence-corrected chi connectivity index (χ2v) is 5.97. The monoisotopic (exact) mass is 292 g/mol. The molecule has 1 N–H and O–H groups in total. The van der Waals surface area contributed by atoms with Gasteiger partial charge >= 0.3 is 5.97 Å². The summed E-state index contributed by atoms with van der Waals surface area (Å²) in [4.78, 5) is 15.4. The fourth-order valence-corrected chi connectivity index (χ4v) is 3.31. The highest BCUT2D eigenvalue weighted by Crippen LogP contribution is 2.31. The van der Waals surface area contributed by atoms with Gasteiger partial charge in [-0.3, -0.25) is 4.79 Å². The van der Waals surface area contributed by atoms with Crippen LogP contribution < -0.4 is 0 Å². The molecular formula is C15H20N2O2S. The van der Waals surface area contributed by atoms with Crippen LogP contribution in [0.4, 0.5) is 0 Å². The molecule has 5 heteroatoms. The van der Waals surface area contributed by atoms with Crippen molar-refractivity contribution < 1.29 is 9.90 Å². The molecular weight excluding hydrogens is 272 g/mol. The standard InChI is InChI=1S/C15H20N2O2S/c1-4-6-11(3)17-14-10(2)7-5-8-12(14)16-15(17)20-9-13(18)19/h5,7-8,11H,4,6,9H2,1-3H3,(H,18,19). The molecule has 0 fully saturated rings. The Morgan fingerprint density at radius 3 is 2.90 bits per heavy atom. The Hall–Kier alpha value is -1.49. The summed E-state index contributed by atoms with van der Waals surface area (Å²) in [6.07, 6.45) is 2.15. The average Bonchev–Trinajstić information content (AvgIpc) is 2.76. The van der Waals surface area contributed by atoms with Crippen molar-refractivity contribution >= 4 is 28.8 Å². The van der Waals surface area contributed by atoms with Crippen LogP contribution in [0.3, 0.4) is 0 Å². The van der Waals surface area contributed by atoms with E-state index in [1.54, 1.807) is 0 Å². The molecule has 0 aliphatic carbocycles. The van der Waals surface area contributed by atoms with Crippen molar-refractivity contribution in [1.82, 2.24) is 9.55 Å². The predicted octanol–water partition coefficient (Wildman–Crippen LogP) is 3.88. The highest BCUT2D eigenvalue weighted by molar-refractivity contribution is 7.99. The first-order chi connectivity index (χ1) is 9.54. The number of hydrogen-bond donors (Lipinski definition) is 1. The molecule has 0 spiro atoms. The van der Waals surface area contributed by atoms with E-state index < -0.39 is 5.97 Å². The second kappa shape index (κ2) is 6.31. The molecule has 0 saturated heterocycles. The van der Waals surface area contributed by atoms with Crippen LogP contribution in [0.15, 0.2) is 23.4 Å². The number of hydrogen-bond acceptors (Lipinski definition) is 3. The summed E-state index contributed by atoms with van der Waals surface area (Å²) in [7, 11) is 0. The lowest BCUT2D eigenvalue weighted by Crippen LogP contribution is -2.08. The number of imidazole rings is 1. The van der Waals surface area contributed by atoms with Crippen LogP contribution in [0.2, 0.25) is 0 Å². The van der Waals surface area contributed by atoms with Gasteiger partial charge in [0.25, 0.3) is 0 Å². The number of nitrogens with zero attached hydrogens (tertiary/aromatic N) is 2. The minimum Gasteiger partial charge on any atom is -0.481 e. The van der Waals surface area contributed by atoms with E-state index >= 15 is 0 Å². The van der Waals surface area contributed by atoms with Crippen LogP contribution >= 0.6 is 11.8 Å². The Morgan fingerprint density at radius 1 is 1.50 bits per heavy atom. The van der Waals surface area contributed by atoms with E-state index in [0.29, 0.717) is 6.04 Å². The van der Waals surface area contributed by atoms with E-state index in [2.05, 4.69) is 36.4 Å². The fraction of sp³-hybridized carbons (Fsp3) is 0.467. The lowest BCUT2D eigenvalue weighted by atomic mass is 10.1. The molecule has 20 heavy (non-hydrogen) atoms. The number of aliphatic carboxylic acids is 1. The first-order valence-corrected chi connectivity index (χ1v) is 7.85. The SMILES string of the molecule is CCCC(C)n1c(SCC(=O)O)nc2cccc(C)c21. The predicted molar refractivity (Wildman–Crippen MR) is 82.4 cm³/mol. The molecule has 108 valence electrons. The molecule has 2 rings (SSSR count). The molecule has 1 atom stereocenters. The van der Waals surface area contributed by atoms with Gasteiger partial charge < -0.3 is 9.67 Å². The zero-order valence-corrected chi connectivity index (χ0v) is 12.9. The number of fused-ring (bicyclic) bond motifs is 1. The zero-order chi connectivity index (χ0) is 14.7. The van der Waals surface area contributed by atoms with Crippen molar-refractivity contribution in [3.05, 3.63) is 23.8 Å². The molecule has 0 aliphatic rings. The van der Waals surface area contributed by atoms with E-state index in [1.807, 2.05) is 12.1 Å². The summed E-state index contributed by atoms with van der Waals surface area (Å²) in [6.45, 7) is 6.40. The first kappa shape index (κ1) is 14.9. The highest BCUT2D eigenvalue weighted by Gasteiger charge is 2.17. The highest BCUT2D eigenvalue weighted by atomic mass is 32.2. The van der Waals surface area contributed by atoms with Crippen LogP contribution in [0, 0.1) is 6.92 Å². The van der Waals surface area contributed by atoms with Crippen molar-refractivity contribution in [2.24, 2.45) is 0 Å². The largest absolute Gasteiger partial charge is 0.481 e. The number of carboxylic acid groups (broad SMARTS) is 1. The number of aryl methyl sites for hydroxylation is 1. The third kappa shape index (κ3) is 2.98. The van der Waals surface area contributed by atoms with Crippen LogP contribution in [-0.2, 0) is 4.79 Å². The van der Waals surface area contributed by atoms with Gasteiger partial charge in [0.15, 0.2) is 5.16 Å². The van der Waals surface area contributed by atoms with Gasteiger partial charge in [0.05, 0.1) is 16.8 Å². The number of carbonyl (C=O) groups is 1. The smallest absolute Gasteiger partial charge is 0.313 e. The maximum atomic E-state index is 10.8. The normalized spacial score (nSPS) is 12.8. The third-order valence-corrected chi connectivity index (χ3v) is 4.29. The Kier molecular flexibility index (Phi) is 4.70. The van der Waals surface area contributed by atoms with Gasteiger partial charge in [-0.05, 0) is 31.9 Å². The van der Waals surface area contributed by atoms with E-state index in [1.165, 1.54) is 17.3 Å².